The maximum absolute atomic E-state index is 12.9. The smallest absolute Gasteiger partial charge is 0.306 e. The Kier molecular flexibility index (Phi) is 71.6. The van der Waals surface area contributed by atoms with Crippen LogP contribution in [0.4, 0.5) is 0 Å². The molecule has 0 aromatic heterocycles. The second-order valence-corrected chi connectivity index (χ2v) is 30.2. The molecule has 0 N–H and O–H groups in total. The van der Waals surface area contributed by atoms with Crippen LogP contribution < -0.4 is 4.89 Å². The Morgan fingerprint density at radius 1 is 0.337 bits per heavy atom. The van der Waals surface area contributed by atoms with Gasteiger partial charge in [-0.1, -0.05) is 371 Å². The minimum absolute atomic E-state index is 0.0278. The molecule has 0 rings (SSSR count). The highest BCUT2D eigenvalue weighted by Gasteiger charge is 2.22. The molecular weight excluding hydrogens is 1160 g/mol. The fourth-order valence-corrected chi connectivity index (χ4v) is 12.9. The minimum Gasteiger partial charge on any atom is -0.756 e. The fraction of sp³-hybridized carbons (Fsp3) is 0.878. The number of allylic oxidation sites excluding steroid dienone is 8. The zero-order chi connectivity index (χ0) is 66.9. The van der Waals surface area contributed by atoms with Crippen LogP contribution in [-0.2, 0) is 32.7 Å². The van der Waals surface area contributed by atoms with E-state index in [0.29, 0.717) is 17.4 Å². The zero-order valence-electron chi connectivity index (χ0n) is 62.0. The number of hydrogen-bond acceptors (Lipinski definition) is 8. The van der Waals surface area contributed by atoms with Crippen LogP contribution in [0.15, 0.2) is 48.6 Å². The van der Waals surface area contributed by atoms with E-state index in [2.05, 4.69) is 62.5 Å². The molecule has 0 spiro atoms. The summed E-state index contributed by atoms with van der Waals surface area (Å²) in [6.45, 7) is 4.30. The molecule has 0 radical (unpaired) electrons. The lowest BCUT2D eigenvalue weighted by atomic mass is 10.0. The average Bonchev–Trinajstić information content (AvgIpc) is 2.14. The first kappa shape index (κ1) is 90.0. The molecule has 0 bridgehead atoms. The molecule has 0 aromatic rings. The Bertz CT molecular complexity index is 1690. The van der Waals surface area contributed by atoms with Crippen molar-refractivity contribution in [2.75, 3.05) is 47.5 Å². The van der Waals surface area contributed by atoms with Gasteiger partial charge in [-0.25, -0.2) is 0 Å². The average molecular weight is 1320 g/mol. The number of hydrogen-bond donors (Lipinski definition) is 0. The fourth-order valence-electron chi connectivity index (χ4n) is 12.1. The topological polar surface area (TPSA) is 111 Å². The van der Waals surface area contributed by atoms with Gasteiger partial charge in [0.1, 0.15) is 19.8 Å². The van der Waals surface area contributed by atoms with E-state index in [4.69, 9.17) is 18.5 Å². The lowest BCUT2D eigenvalue weighted by Crippen LogP contribution is -2.37. The van der Waals surface area contributed by atoms with Gasteiger partial charge in [0, 0.05) is 12.8 Å². The van der Waals surface area contributed by atoms with Gasteiger partial charge in [-0.3, -0.25) is 14.2 Å². The predicted molar refractivity (Wildman–Crippen MR) is 397 cm³/mol. The van der Waals surface area contributed by atoms with E-state index < -0.39 is 26.5 Å². The Hall–Kier alpha value is -2.03. The minimum atomic E-state index is -4.64. The summed E-state index contributed by atoms with van der Waals surface area (Å²) >= 11 is 0. The summed E-state index contributed by atoms with van der Waals surface area (Å²) in [5, 5.41) is 0. The molecule has 0 aromatic carbocycles. The van der Waals surface area contributed by atoms with Gasteiger partial charge in [0.05, 0.1) is 27.7 Å². The van der Waals surface area contributed by atoms with Gasteiger partial charge in [0.25, 0.3) is 7.82 Å². The van der Waals surface area contributed by atoms with Gasteiger partial charge >= 0.3 is 11.9 Å². The monoisotopic (exact) mass is 1310 g/mol. The Morgan fingerprint density at radius 3 is 0.880 bits per heavy atom. The third-order valence-electron chi connectivity index (χ3n) is 18.3. The van der Waals surface area contributed by atoms with Crippen molar-refractivity contribution in [3.05, 3.63) is 48.6 Å². The number of nitrogens with zero attached hydrogens (tertiary/aromatic N) is 1. The first-order chi connectivity index (χ1) is 45.0. The van der Waals surface area contributed by atoms with Crippen LogP contribution in [0, 0.1) is 0 Å². The van der Waals surface area contributed by atoms with E-state index in [-0.39, 0.29) is 32.0 Å². The van der Waals surface area contributed by atoms with Crippen molar-refractivity contribution in [2.45, 2.75) is 418 Å². The van der Waals surface area contributed by atoms with Gasteiger partial charge in [0.2, 0.25) is 0 Å². The van der Waals surface area contributed by atoms with Gasteiger partial charge in [-0.15, -0.1) is 0 Å². The van der Waals surface area contributed by atoms with Gasteiger partial charge in [-0.05, 0) is 77.0 Å². The molecule has 9 nitrogen and oxygen atoms in total. The summed E-state index contributed by atoms with van der Waals surface area (Å²) in [4.78, 5) is 38.2. The first-order valence-corrected chi connectivity index (χ1v) is 41.8. The number of esters is 2. The second-order valence-electron chi connectivity index (χ2n) is 28.8. The van der Waals surface area contributed by atoms with Crippen LogP contribution in [0.1, 0.15) is 412 Å². The highest BCUT2D eigenvalue weighted by Crippen LogP contribution is 2.38. The van der Waals surface area contributed by atoms with E-state index in [1.54, 1.807) is 0 Å². The molecule has 542 valence electrons. The van der Waals surface area contributed by atoms with Crippen molar-refractivity contribution >= 4 is 19.8 Å². The summed E-state index contributed by atoms with van der Waals surface area (Å²) < 4.78 is 34.4. The molecular formula is C82H156NO8P. The van der Waals surface area contributed by atoms with E-state index in [1.165, 1.54) is 334 Å². The largest absolute Gasteiger partial charge is 0.756 e. The number of phosphoric acid groups is 1. The molecule has 2 atom stereocenters. The molecule has 0 fully saturated rings. The van der Waals surface area contributed by atoms with Gasteiger partial charge < -0.3 is 27.9 Å². The molecule has 0 saturated carbocycles. The maximum Gasteiger partial charge on any atom is 0.306 e. The van der Waals surface area contributed by atoms with Crippen LogP contribution in [-0.4, -0.2) is 70.0 Å². The highest BCUT2D eigenvalue weighted by molar-refractivity contribution is 7.45. The van der Waals surface area contributed by atoms with Crippen molar-refractivity contribution in [1.82, 2.24) is 0 Å². The van der Waals surface area contributed by atoms with Crippen molar-refractivity contribution in [3.8, 4) is 0 Å². The quantitative estimate of drug-likeness (QED) is 0.0195. The molecule has 0 heterocycles. The van der Waals surface area contributed by atoms with E-state index in [9.17, 15) is 19.0 Å². The number of phosphoric ester groups is 1. The Balaban J connectivity index is 3.90. The van der Waals surface area contributed by atoms with E-state index >= 15 is 0 Å². The predicted octanol–water partition coefficient (Wildman–Crippen LogP) is 26.1. The normalized spacial score (nSPS) is 13.2. The Labute approximate surface area is 573 Å². The summed E-state index contributed by atoms with van der Waals surface area (Å²) in [6, 6.07) is 0. The summed E-state index contributed by atoms with van der Waals surface area (Å²) in [7, 11) is 1.19. The number of carbonyl (C=O) groups excluding carboxylic acids is 2. The van der Waals surface area contributed by atoms with Crippen molar-refractivity contribution < 1.29 is 42.1 Å². The molecule has 0 aliphatic carbocycles. The third kappa shape index (κ3) is 77.0. The standard InChI is InChI=1S/C82H156NO8P/c1-6-8-10-12-14-16-18-20-22-24-26-28-30-32-34-36-37-38-39-40-41-42-43-44-45-47-49-51-53-55-57-59-61-63-65-67-69-71-73-75-82(85)91-80(79-90-92(86,87)89-77-76-83(3,4)5)78-88-81(84)74-72-70-68-66-64-62-60-58-56-54-52-50-48-46-35-33-31-29-27-25-23-21-19-17-15-13-11-9-7-2/h18,20,24-27,30,32,80H,6-17,19,21-23,28-29,31,33-79H2,1-5H3/b20-18-,26-24-,27-25-,32-30-. The summed E-state index contributed by atoms with van der Waals surface area (Å²) in [6.07, 6.45) is 96.7. The molecule has 0 aliphatic heterocycles. The summed E-state index contributed by atoms with van der Waals surface area (Å²) in [5.41, 5.74) is 0. The second kappa shape index (κ2) is 73.2. The highest BCUT2D eigenvalue weighted by atomic mass is 31.2. The number of quaternary nitrogens is 1. The van der Waals surface area contributed by atoms with Crippen molar-refractivity contribution in [1.29, 1.82) is 0 Å². The molecule has 92 heavy (non-hydrogen) atoms. The molecule has 0 amide bonds. The SMILES string of the molecule is CCCCCCC/C=C\C/C=C\C/C=C\CCCCCCCCCCCCCCCCCCCCCCCCCCC(=O)OC(COC(=O)CCCCCCCCCCCCCCCCCCC/C=C\CCCCCCCCCC)COP(=O)([O-])OCC[N+](C)(C)C. The van der Waals surface area contributed by atoms with Crippen LogP contribution in [0.5, 0.6) is 0 Å². The zero-order valence-corrected chi connectivity index (χ0v) is 62.9. The van der Waals surface area contributed by atoms with Crippen LogP contribution in [0.3, 0.4) is 0 Å². The summed E-state index contributed by atoms with van der Waals surface area (Å²) in [5.74, 6) is -0.809. The lowest BCUT2D eigenvalue weighted by Gasteiger charge is -2.28. The van der Waals surface area contributed by atoms with E-state index in [0.717, 1.165) is 44.9 Å². The number of carbonyl (C=O) groups is 2. The number of likely N-dealkylation sites (N-methyl/N-ethyl adjacent to an activating group) is 1. The molecule has 2 unspecified atom stereocenters. The molecule has 10 heteroatoms. The lowest BCUT2D eigenvalue weighted by molar-refractivity contribution is -0.870. The van der Waals surface area contributed by atoms with Crippen LogP contribution >= 0.6 is 7.82 Å². The Morgan fingerprint density at radius 2 is 0.587 bits per heavy atom. The van der Waals surface area contributed by atoms with Crippen molar-refractivity contribution in [2.24, 2.45) is 0 Å². The van der Waals surface area contributed by atoms with Crippen molar-refractivity contribution in [3.63, 3.8) is 0 Å². The van der Waals surface area contributed by atoms with Crippen LogP contribution in [0.25, 0.3) is 0 Å². The molecule has 0 aliphatic rings. The maximum atomic E-state index is 12.9. The van der Waals surface area contributed by atoms with E-state index in [1.807, 2.05) is 21.1 Å². The third-order valence-corrected chi connectivity index (χ3v) is 19.3. The van der Waals surface area contributed by atoms with Gasteiger partial charge in [-0.2, -0.15) is 0 Å². The number of rotatable bonds is 76. The molecule has 0 saturated heterocycles. The number of ether oxygens (including phenoxy) is 2. The van der Waals surface area contributed by atoms with Crippen LogP contribution in [0.2, 0.25) is 0 Å². The van der Waals surface area contributed by atoms with Gasteiger partial charge in [0.15, 0.2) is 6.10 Å². The first-order valence-electron chi connectivity index (χ1n) is 40.3. The number of unbranched alkanes of at least 4 members (excludes halogenated alkanes) is 54.